The largest absolute Gasteiger partial charge is 0.493 e. The normalized spacial score (nSPS) is 11.7. The first-order valence-corrected chi connectivity index (χ1v) is 11.4. The molecule has 5 aromatic rings. The summed E-state index contributed by atoms with van der Waals surface area (Å²) in [6, 6.07) is 21.9. The summed E-state index contributed by atoms with van der Waals surface area (Å²) in [7, 11) is -0.735. The van der Waals surface area contributed by atoms with E-state index in [0.29, 0.717) is 17.1 Å². The van der Waals surface area contributed by atoms with Gasteiger partial charge < -0.3 is 9.47 Å². The van der Waals surface area contributed by atoms with Gasteiger partial charge in [0.1, 0.15) is 0 Å². The summed E-state index contributed by atoms with van der Waals surface area (Å²) in [5.41, 5.74) is 1.90. The van der Waals surface area contributed by atoms with Crippen molar-refractivity contribution in [3.05, 3.63) is 85.2 Å². The van der Waals surface area contributed by atoms with Gasteiger partial charge in [0.2, 0.25) is 0 Å². The summed E-state index contributed by atoms with van der Waals surface area (Å²) in [4.78, 5) is 4.59. The molecule has 2 aromatic heterocycles. The molecule has 0 saturated carbocycles. The highest BCUT2D eigenvalue weighted by atomic mass is 32.2. The van der Waals surface area contributed by atoms with Crippen LogP contribution in [0.25, 0.3) is 32.9 Å². The topological polar surface area (TPSA) is 70.4 Å². The van der Waals surface area contributed by atoms with Crippen LogP contribution in [0.5, 0.6) is 11.5 Å². The van der Waals surface area contributed by atoms with E-state index in [1.807, 2.05) is 48.5 Å². The zero-order valence-electron chi connectivity index (χ0n) is 17.5. The number of rotatable bonds is 5. The van der Waals surface area contributed by atoms with Crippen molar-refractivity contribution in [2.45, 2.75) is 4.90 Å². The second-order valence-electron chi connectivity index (χ2n) is 7.30. The summed E-state index contributed by atoms with van der Waals surface area (Å²) in [6.45, 7) is 0. The fourth-order valence-corrected chi connectivity index (χ4v) is 5.25. The number of pyridine rings is 1. The second-order valence-corrected chi connectivity index (χ2v) is 9.11. The van der Waals surface area contributed by atoms with Crippen molar-refractivity contribution in [3.8, 4) is 22.6 Å². The third-order valence-corrected chi connectivity index (χ3v) is 7.15. The average molecular weight is 445 g/mol. The number of aromatic nitrogens is 2. The molecule has 0 spiro atoms. The quantitative estimate of drug-likeness (QED) is 0.377. The van der Waals surface area contributed by atoms with Crippen LogP contribution in [0.3, 0.4) is 0 Å². The van der Waals surface area contributed by atoms with Gasteiger partial charge in [-0.2, -0.15) is 0 Å². The molecule has 0 N–H and O–H groups in total. The van der Waals surface area contributed by atoms with E-state index in [4.69, 9.17) is 9.47 Å². The first kappa shape index (κ1) is 20.1. The third kappa shape index (κ3) is 3.18. The molecule has 0 aliphatic carbocycles. The minimum Gasteiger partial charge on any atom is -0.493 e. The predicted octanol–water partition coefficient (Wildman–Crippen LogP) is 5.11. The van der Waals surface area contributed by atoms with E-state index in [2.05, 4.69) is 4.98 Å². The zero-order valence-corrected chi connectivity index (χ0v) is 18.3. The van der Waals surface area contributed by atoms with Crippen LogP contribution in [0, 0.1) is 0 Å². The Bertz CT molecular complexity index is 1570. The van der Waals surface area contributed by atoms with Crippen molar-refractivity contribution >= 4 is 31.8 Å². The lowest BCUT2D eigenvalue weighted by Gasteiger charge is -2.09. The van der Waals surface area contributed by atoms with E-state index in [-0.39, 0.29) is 4.90 Å². The number of fused-ring (bicyclic) bond motifs is 2. The lowest BCUT2D eigenvalue weighted by atomic mass is 10.1. The van der Waals surface area contributed by atoms with E-state index in [1.165, 1.54) is 3.97 Å². The predicted molar refractivity (Wildman–Crippen MR) is 125 cm³/mol. The summed E-state index contributed by atoms with van der Waals surface area (Å²) in [5, 5.41) is 2.56. The van der Waals surface area contributed by atoms with Crippen LogP contribution in [-0.2, 0) is 10.0 Å². The summed E-state index contributed by atoms with van der Waals surface area (Å²) in [5.74, 6) is 1.16. The number of ether oxygens (including phenoxy) is 2. The maximum Gasteiger partial charge on any atom is 0.269 e. The number of hydrogen-bond donors (Lipinski definition) is 0. The SMILES string of the molecule is COc1ccc(-c2cn(S(=O)(=O)c3ccc4ccccc4c3)c3ncccc23)cc1OC. The zero-order chi connectivity index (χ0) is 22.3. The minimum absolute atomic E-state index is 0.206. The molecule has 6 nitrogen and oxygen atoms in total. The Morgan fingerprint density at radius 2 is 1.59 bits per heavy atom. The van der Waals surface area contributed by atoms with Crippen molar-refractivity contribution in [1.82, 2.24) is 8.96 Å². The van der Waals surface area contributed by atoms with Gasteiger partial charge in [0, 0.05) is 23.3 Å². The van der Waals surface area contributed by atoms with Crippen molar-refractivity contribution in [2.24, 2.45) is 0 Å². The number of nitrogens with zero attached hydrogens (tertiary/aromatic N) is 2. The molecule has 5 rings (SSSR count). The van der Waals surface area contributed by atoms with E-state index < -0.39 is 10.0 Å². The standard InChI is InChI=1S/C25H20N2O4S/c1-30-23-12-10-19(15-24(23)31-2)22-16-27(25-21(22)8-5-13-26-25)32(28,29)20-11-9-17-6-3-4-7-18(17)14-20/h3-16H,1-2H3. The van der Waals surface area contributed by atoms with E-state index in [9.17, 15) is 8.42 Å². The van der Waals surface area contributed by atoms with Gasteiger partial charge >= 0.3 is 0 Å². The van der Waals surface area contributed by atoms with Gasteiger partial charge in [0.05, 0.1) is 19.1 Å². The van der Waals surface area contributed by atoms with Crippen molar-refractivity contribution in [2.75, 3.05) is 14.2 Å². The summed E-state index contributed by atoms with van der Waals surface area (Å²) in [6.07, 6.45) is 3.20. The first-order valence-electron chi connectivity index (χ1n) is 9.96. The van der Waals surface area contributed by atoms with Gasteiger partial charge in [0.15, 0.2) is 17.1 Å². The van der Waals surface area contributed by atoms with Crippen LogP contribution in [0.4, 0.5) is 0 Å². The molecule has 0 radical (unpaired) electrons. The van der Waals surface area contributed by atoms with Gasteiger partial charge in [-0.1, -0.05) is 36.4 Å². The van der Waals surface area contributed by atoms with Crippen LogP contribution >= 0.6 is 0 Å². The highest BCUT2D eigenvalue weighted by Gasteiger charge is 2.23. The van der Waals surface area contributed by atoms with Gasteiger partial charge in [0.25, 0.3) is 10.0 Å². The molecule has 2 heterocycles. The van der Waals surface area contributed by atoms with Crippen LogP contribution in [-0.4, -0.2) is 31.6 Å². The highest BCUT2D eigenvalue weighted by molar-refractivity contribution is 7.90. The van der Waals surface area contributed by atoms with E-state index in [0.717, 1.165) is 27.3 Å². The Morgan fingerprint density at radius 3 is 2.38 bits per heavy atom. The molecule has 0 bridgehead atoms. The molecule has 32 heavy (non-hydrogen) atoms. The molecule has 0 atom stereocenters. The number of hydrogen-bond acceptors (Lipinski definition) is 5. The van der Waals surface area contributed by atoms with Crippen LogP contribution < -0.4 is 9.47 Å². The van der Waals surface area contributed by atoms with Crippen LogP contribution in [0.15, 0.2) is 90.1 Å². The Hall–Kier alpha value is -3.84. The van der Waals surface area contributed by atoms with Gasteiger partial charge in [-0.15, -0.1) is 0 Å². The molecule has 7 heteroatoms. The van der Waals surface area contributed by atoms with Gasteiger partial charge in [-0.3, -0.25) is 0 Å². The number of benzene rings is 3. The van der Waals surface area contributed by atoms with Crippen molar-refractivity contribution in [1.29, 1.82) is 0 Å². The molecular formula is C25H20N2O4S. The monoisotopic (exact) mass is 444 g/mol. The molecule has 0 saturated heterocycles. The Kier molecular flexibility index (Phi) is 4.83. The second kappa shape index (κ2) is 7.69. The maximum atomic E-state index is 13.6. The molecule has 0 amide bonds. The Morgan fingerprint density at radius 1 is 0.812 bits per heavy atom. The van der Waals surface area contributed by atoms with Crippen molar-refractivity contribution < 1.29 is 17.9 Å². The Balaban J connectivity index is 1.72. The smallest absolute Gasteiger partial charge is 0.269 e. The summed E-state index contributed by atoms with van der Waals surface area (Å²) >= 11 is 0. The molecule has 0 unspecified atom stereocenters. The molecule has 160 valence electrons. The molecular weight excluding hydrogens is 424 g/mol. The summed E-state index contributed by atoms with van der Waals surface area (Å²) < 4.78 is 39.3. The van der Waals surface area contributed by atoms with Gasteiger partial charge in [-0.05, 0) is 52.7 Å². The van der Waals surface area contributed by atoms with E-state index in [1.54, 1.807) is 50.9 Å². The van der Waals surface area contributed by atoms with Gasteiger partial charge in [-0.25, -0.2) is 17.4 Å². The molecule has 0 fully saturated rings. The highest BCUT2D eigenvalue weighted by Crippen LogP contribution is 2.37. The van der Waals surface area contributed by atoms with Crippen molar-refractivity contribution in [3.63, 3.8) is 0 Å². The Labute approximate surface area is 185 Å². The molecule has 3 aromatic carbocycles. The molecule has 0 aliphatic heterocycles. The first-order chi connectivity index (χ1) is 15.5. The maximum absolute atomic E-state index is 13.6. The van der Waals surface area contributed by atoms with Crippen LogP contribution in [0.1, 0.15) is 0 Å². The number of methoxy groups -OCH3 is 2. The minimum atomic E-state index is -3.87. The third-order valence-electron chi connectivity index (χ3n) is 5.50. The lowest BCUT2D eigenvalue weighted by Crippen LogP contribution is -2.12. The lowest BCUT2D eigenvalue weighted by molar-refractivity contribution is 0.355. The van der Waals surface area contributed by atoms with E-state index >= 15 is 0 Å². The fourth-order valence-electron chi connectivity index (χ4n) is 3.89. The van der Waals surface area contributed by atoms with Crippen LogP contribution in [0.2, 0.25) is 0 Å². The average Bonchev–Trinajstić information content (AvgIpc) is 3.24. The molecule has 0 aliphatic rings. The fraction of sp³-hybridized carbons (Fsp3) is 0.0800.